The predicted molar refractivity (Wildman–Crippen MR) is 94.3 cm³/mol. The van der Waals surface area contributed by atoms with Crippen LogP contribution in [0, 0.1) is 5.92 Å². The highest BCUT2D eigenvalue weighted by atomic mass is 16.5. The lowest BCUT2D eigenvalue weighted by atomic mass is 9.94. The van der Waals surface area contributed by atoms with Crippen LogP contribution in [-0.2, 0) is 0 Å². The number of anilines is 1. The molecule has 2 aliphatic rings. The van der Waals surface area contributed by atoms with Gasteiger partial charge in [-0.05, 0) is 57.6 Å². The Kier molecular flexibility index (Phi) is 5.61. The molecule has 5 nitrogen and oxygen atoms in total. The van der Waals surface area contributed by atoms with Gasteiger partial charge in [0.2, 0.25) is 0 Å². The van der Waals surface area contributed by atoms with Crippen LogP contribution in [0.2, 0.25) is 0 Å². The van der Waals surface area contributed by atoms with Crippen molar-refractivity contribution in [2.45, 2.75) is 57.7 Å². The topological polar surface area (TPSA) is 61.8 Å². The van der Waals surface area contributed by atoms with E-state index in [9.17, 15) is 9.90 Å². The maximum Gasteiger partial charge on any atom is 0.321 e. The molecule has 1 aromatic carbocycles. The van der Waals surface area contributed by atoms with E-state index in [0.29, 0.717) is 12.6 Å². The van der Waals surface area contributed by atoms with Gasteiger partial charge in [0.25, 0.3) is 0 Å². The number of hydrogen-bond donors (Lipinski definition) is 2. The molecule has 0 spiro atoms. The molecule has 2 unspecified atom stereocenters. The number of amides is 2. The van der Waals surface area contributed by atoms with Crippen LogP contribution in [0.15, 0.2) is 24.3 Å². The number of aliphatic hydroxyl groups excluding tert-OH is 1. The molecule has 1 heterocycles. The summed E-state index contributed by atoms with van der Waals surface area (Å²) in [6, 6.07) is 7.54. The van der Waals surface area contributed by atoms with Crippen molar-refractivity contribution in [1.29, 1.82) is 0 Å². The van der Waals surface area contributed by atoms with Crippen LogP contribution < -0.4 is 10.1 Å². The highest BCUT2D eigenvalue weighted by Gasteiger charge is 2.26. The summed E-state index contributed by atoms with van der Waals surface area (Å²) in [5.74, 6) is 0.988. The molecule has 1 aliphatic heterocycles. The fraction of sp³-hybridized carbons (Fsp3) is 0.632. The number of urea groups is 1. The summed E-state index contributed by atoms with van der Waals surface area (Å²) in [4.78, 5) is 14.3. The molecule has 3 rings (SSSR count). The summed E-state index contributed by atoms with van der Waals surface area (Å²) in [6.07, 6.45) is 6.56. The van der Waals surface area contributed by atoms with Crippen molar-refractivity contribution in [1.82, 2.24) is 4.90 Å². The average Bonchev–Trinajstić information content (AvgIpc) is 3.08. The molecule has 2 atom stereocenters. The van der Waals surface area contributed by atoms with Gasteiger partial charge < -0.3 is 20.1 Å². The van der Waals surface area contributed by atoms with E-state index in [0.717, 1.165) is 43.7 Å². The van der Waals surface area contributed by atoms with Crippen LogP contribution >= 0.6 is 0 Å². The second kappa shape index (κ2) is 7.88. The van der Waals surface area contributed by atoms with Crippen LogP contribution in [0.25, 0.3) is 0 Å². The highest BCUT2D eigenvalue weighted by Crippen LogP contribution is 2.26. The zero-order valence-corrected chi connectivity index (χ0v) is 14.4. The van der Waals surface area contributed by atoms with Crippen molar-refractivity contribution in [2.75, 3.05) is 18.4 Å². The van der Waals surface area contributed by atoms with E-state index in [1.54, 1.807) is 11.8 Å². The molecular weight excluding hydrogens is 304 g/mol. The third kappa shape index (κ3) is 4.41. The fourth-order valence-electron chi connectivity index (χ4n) is 3.64. The van der Waals surface area contributed by atoms with Crippen molar-refractivity contribution in [3.05, 3.63) is 24.3 Å². The molecule has 1 aromatic rings. The van der Waals surface area contributed by atoms with Crippen molar-refractivity contribution in [3.63, 3.8) is 0 Å². The van der Waals surface area contributed by atoms with E-state index in [1.165, 1.54) is 12.8 Å². The summed E-state index contributed by atoms with van der Waals surface area (Å²) in [7, 11) is 0. The molecule has 0 aromatic heterocycles. The Labute approximate surface area is 144 Å². The minimum absolute atomic E-state index is 0.0987. The van der Waals surface area contributed by atoms with Gasteiger partial charge in [0, 0.05) is 30.8 Å². The third-order valence-corrected chi connectivity index (χ3v) is 5.12. The standard InChI is InChI=1S/C19H28N2O3/c1-14(22)15-6-5-11-21(13-15)19(23)20-16-7-4-10-18(12-16)24-17-8-2-3-9-17/h4,7,10,12,14-15,17,22H,2-3,5-6,8-9,11,13H2,1H3,(H,20,23). The van der Waals surface area contributed by atoms with Crippen molar-refractivity contribution in [3.8, 4) is 5.75 Å². The molecule has 1 saturated carbocycles. The molecule has 132 valence electrons. The first-order chi connectivity index (χ1) is 11.6. The fourth-order valence-corrected chi connectivity index (χ4v) is 3.64. The number of rotatable bonds is 4. The van der Waals surface area contributed by atoms with Gasteiger partial charge in [-0.25, -0.2) is 4.79 Å². The smallest absolute Gasteiger partial charge is 0.321 e. The summed E-state index contributed by atoms with van der Waals surface area (Å²) in [5, 5.41) is 12.7. The van der Waals surface area contributed by atoms with E-state index < -0.39 is 0 Å². The number of carbonyl (C=O) groups is 1. The lowest BCUT2D eigenvalue weighted by Crippen LogP contribution is -2.44. The van der Waals surface area contributed by atoms with Crippen LogP contribution in [0.5, 0.6) is 5.75 Å². The largest absolute Gasteiger partial charge is 0.490 e. The van der Waals surface area contributed by atoms with Gasteiger partial charge in [0.05, 0.1) is 12.2 Å². The molecule has 1 aliphatic carbocycles. The SMILES string of the molecule is CC(O)C1CCCN(C(=O)Nc2cccc(OC3CCCC3)c2)C1. The second-order valence-corrected chi connectivity index (χ2v) is 7.07. The zero-order valence-electron chi connectivity index (χ0n) is 14.4. The maximum atomic E-state index is 12.5. The van der Waals surface area contributed by atoms with Crippen LogP contribution in [-0.4, -0.2) is 41.3 Å². The Morgan fingerprint density at radius 3 is 2.83 bits per heavy atom. The molecule has 1 saturated heterocycles. The lowest BCUT2D eigenvalue weighted by molar-refractivity contribution is 0.0766. The van der Waals surface area contributed by atoms with Gasteiger partial charge in [0.15, 0.2) is 0 Å². The summed E-state index contributed by atoms with van der Waals surface area (Å²) < 4.78 is 5.99. The Bertz CT molecular complexity index is 555. The first kappa shape index (κ1) is 17.1. The van der Waals surface area contributed by atoms with Crippen LogP contribution in [0.4, 0.5) is 10.5 Å². The second-order valence-electron chi connectivity index (χ2n) is 7.07. The number of hydrogen-bond acceptors (Lipinski definition) is 3. The van der Waals surface area contributed by atoms with Crippen LogP contribution in [0.1, 0.15) is 45.4 Å². The normalized spacial score (nSPS) is 23.1. The quantitative estimate of drug-likeness (QED) is 0.885. The van der Waals surface area contributed by atoms with Gasteiger partial charge in [-0.2, -0.15) is 0 Å². The minimum Gasteiger partial charge on any atom is -0.490 e. The molecule has 0 bridgehead atoms. The van der Waals surface area contributed by atoms with Gasteiger partial charge in [-0.15, -0.1) is 0 Å². The van der Waals surface area contributed by atoms with E-state index in [4.69, 9.17) is 4.74 Å². The number of nitrogens with zero attached hydrogens (tertiary/aromatic N) is 1. The first-order valence-corrected chi connectivity index (χ1v) is 9.12. The zero-order chi connectivity index (χ0) is 16.9. The van der Waals surface area contributed by atoms with E-state index in [2.05, 4.69) is 5.32 Å². The molecule has 2 N–H and O–H groups in total. The lowest BCUT2D eigenvalue weighted by Gasteiger charge is -2.34. The number of carbonyl (C=O) groups excluding carboxylic acids is 1. The summed E-state index contributed by atoms with van der Waals surface area (Å²) in [6.45, 7) is 3.16. The van der Waals surface area contributed by atoms with E-state index in [-0.39, 0.29) is 18.1 Å². The van der Waals surface area contributed by atoms with Crippen molar-refractivity contribution in [2.24, 2.45) is 5.92 Å². The Morgan fingerprint density at radius 1 is 1.29 bits per heavy atom. The number of nitrogens with one attached hydrogen (secondary N) is 1. The van der Waals surface area contributed by atoms with Gasteiger partial charge in [-0.3, -0.25) is 0 Å². The Morgan fingerprint density at radius 2 is 2.08 bits per heavy atom. The van der Waals surface area contributed by atoms with Crippen molar-refractivity contribution < 1.29 is 14.6 Å². The third-order valence-electron chi connectivity index (χ3n) is 5.12. The number of likely N-dealkylation sites (tertiary alicyclic amines) is 1. The molecular formula is C19H28N2O3. The maximum absolute atomic E-state index is 12.5. The predicted octanol–water partition coefficient (Wildman–Crippen LogP) is 3.63. The number of benzene rings is 1. The Balaban J connectivity index is 1.57. The van der Waals surface area contributed by atoms with Crippen molar-refractivity contribution >= 4 is 11.7 Å². The Hall–Kier alpha value is -1.75. The molecule has 24 heavy (non-hydrogen) atoms. The van der Waals surface area contributed by atoms with Gasteiger partial charge in [0.1, 0.15) is 5.75 Å². The molecule has 0 radical (unpaired) electrons. The first-order valence-electron chi connectivity index (χ1n) is 9.12. The monoisotopic (exact) mass is 332 g/mol. The van der Waals surface area contributed by atoms with Gasteiger partial charge >= 0.3 is 6.03 Å². The van der Waals surface area contributed by atoms with Crippen LogP contribution in [0.3, 0.4) is 0 Å². The summed E-state index contributed by atoms with van der Waals surface area (Å²) >= 11 is 0. The van der Waals surface area contributed by atoms with E-state index >= 15 is 0 Å². The average molecular weight is 332 g/mol. The minimum atomic E-state index is -0.372. The summed E-state index contributed by atoms with van der Waals surface area (Å²) in [5.41, 5.74) is 0.759. The molecule has 2 amide bonds. The number of ether oxygens (including phenoxy) is 1. The highest BCUT2D eigenvalue weighted by molar-refractivity contribution is 5.89. The molecule has 5 heteroatoms. The number of aliphatic hydroxyl groups is 1. The van der Waals surface area contributed by atoms with E-state index in [1.807, 2.05) is 24.3 Å². The van der Waals surface area contributed by atoms with Gasteiger partial charge in [-0.1, -0.05) is 6.07 Å². The molecule has 2 fully saturated rings. The number of piperidine rings is 1.